The van der Waals surface area contributed by atoms with Gasteiger partial charge in [0.25, 0.3) is 0 Å². The van der Waals surface area contributed by atoms with E-state index >= 15 is 0 Å². The van der Waals surface area contributed by atoms with Gasteiger partial charge in [0, 0.05) is 37.8 Å². The van der Waals surface area contributed by atoms with Crippen molar-refractivity contribution in [1.82, 2.24) is 4.90 Å². The molecule has 0 aromatic heterocycles. The fourth-order valence-electron chi connectivity index (χ4n) is 3.79. The molecule has 3 rings (SSSR count). The number of piperidine rings is 1. The summed E-state index contributed by atoms with van der Waals surface area (Å²) in [6, 6.07) is 12.9. The Morgan fingerprint density at radius 2 is 1.54 bits per heavy atom. The summed E-state index contributed by atoms with van der Waals surface area (Å²) < 4.78 is 26.4. The third kappa shape index (κ3) is 5.38. The Labute approximate surface area is 166 Å². The lowest BCUT2D eigenvalue weighted by Crippen LogP contribution is -2.47. The Balaban J connectivity index is 1.67. The maximum atomic E-state index is 13.4. The minimum absolute atomic E-state index is 0.0959. The summed E-state index contributed by atoms with van der Waals surface area (Å²) in [5, 5.41) is 0. The largest absolute Gasteiger partial charge is 0.309 e. The first-order valence-corrected chi connectivity index (χ1v) is 9.97. The van der Waals surface area contributed by atoms with Crippen molar-refractivity contribution in [1.29, 1.82) is 0 Å². The standard InChI is InChI=1S/C23H28F2N2O/c1-17(2)15-23(28)27(21-9-7-20(25)8-10-21)22-11-13-26(14-12-22)16-18-3-5-19(24)6-4-18/h3-10,17,22H,11-16H2,1-2H3. The van der Waals surface area contributed by atoms with Gasteiger partial charge in [-0.1, -0.05) is 26.0 Å². The zero-order valence-corrected chi connectivity index (χ0v) is 16.6. The minimum Gasteiger partial charge on any atom is -0.309 e. The molecule has 0 atom stereocenters. The monoisotopic (exact) mass is 386 g/mol. The van der Waals surface area contributed by atoms with Gasteiger partial charge in [0.15, 0.2) is 0 Å². The van der Waals surface area contributed by atoms with Crippen molar-refractivity contribution in [2.24, 2.45) is 5.92 Å². The number of hydrogen-bond acceptors (Lipinski definition) is 2. The van der Waals surface area contributed by atoms with E-state index in [-0.39, 0.29) is 29.5 Å². The van der Waals surface area contributed by atoms with Crippen molar-refractivity contribution in [2.45, 2.75) is 45.7 Å². The quantitative estimate of drug-likeness (QED) is 0.697. The zero-order valence-electron chi connectivity index (χ0n) is 16.6. The number of likely N-dealkylation sites (tertiary alicyclic amines) is 1. The Bertz CT molecular complexity index is 766. The number of hydrogen-bond donors (Lipinski definition) is 0. The predicted octanol–water partition coefficient (Wildman–Crippen LogP) is 5.01. The number of rotatable bonds is 6. The predicted molar refractivity (Wildman–Crippen MR) is 108 cm³/mol. The van der Waals surface area contributed by atoms with Gasteiger partial charge in [0.05, 0.1) is 0 Å². The lowest BCUT2D eigenvalue weighted by molar-refractivity contribution is -0.120. The molecule has 1 aliphatic rings. The number of nitrogens with zero attached hydrogens (tertiary/aromatic N) is 2. The Kier molecular flexibility index (Phi) is 6.79. The van der Waals surface area contributed by atoms with Crippen molar-refractivity contribution < 1.29 is 13.6 Å². The molecule has 0 saturated carbocycles. The van der Waals surface area contributed by atoms with E-state index in [1.165, 1.54) is 24.3 Å². The number of carbonyl (C=O) groups excluding carboxylic acids is 1. The van der Waals surface area contributed by atoms with Crippen LogP contribution in [-0.4, -0.2) is 29.9 Å². The molecule has 1 fully saturated rings. The number of amides is 1. The molecule has 0 unspecified atom stereocenters. The van der Waals surface area contributed by atoms with E-state index < -0.39 is 0 Å². The van der Waals surface area contributed by atoms with Crippen molar-refractivity contribution >= 4 is 11.6 Å². The van der Waals surface area contributed by atoms with Crippen molar-refractivity contribution in [2.75, 3.05) is 18.0 Å². The third-order valence-electron chi connectivity index (χ3n) is 5.20. The summed E-state index contributed by atoms with van der Waals surface area (Å²) in [6.45, 7) is 6.59. The fourth-order valence-corrected chi connectivity index (χ4v) is 3.79. The first-order chi connectivity index (χ1) is 13.4. The Morgan fingerprint density at radius 3 is 2.07 bits per heavy atom. The van der Waals surface area contributed by atoms with Crippen LogP contribution in [0.2, 0.25) is 0 Å². The summed E-state index contributed by atoms with van der Waals surface area (Å²) in [7, 11) is 0. The summed E-state index contributed by atoms with van der Waals surface area (Å²) in [5.74, 6) is -0.150. The molecule has 1 saturated heterocycles. The highest BCUT2D eigenvalue weighted by Crippen LogP contribution is 2.26. The molecule has 5 heteroatoms. The van der Waals surface area contributed by atoms with Gasteiger partial charge >= 0.3 is 0 Å². The molecule has 0 radical (unpaired) electrons. The summed E-state index contributed by atoms with van der Waals surface area (Å²) in [5.41, 5.74) is 1.86. The van der Waals surface area contributed by atoms with Crippen LogP contribution >= 0.6 is 0 Å². The van der Waals surface area contributed by atoms with Gasteiger partial charge in [-0.15, -0.1) is 0 Å². The molecule has 2 aromatic carbocycles. The maximum Gasteiger partial charge on any atom is 0.227 e. The average Bonchev–Trinajstić information content (AvgIpc) is 2.66. The highest BCUT2D eigenvalue weighted by atomic mass is 19.1. The van der Waals surface area contributed by atoms with Crippen LogP contribution in [0, 0.1) is 17.6 Å². The zero-order chi connectivity index (χ0) is 20.1. The van der Waals surface area contributed by atoms with Crippen LogP contribution in [0.25, 0.3) is 0 Å². The topological polar surface area (TPSA) is 23.6 Å². The first-order valence-electron chi connectivity index (χ1n) is 9.97. The van der Waals surface area contributed by atoms with Gasteiger partial charge < -0.3 is 4.90 Å². The molecule has 28 heavy (non-hydrogen) atoms. The first kappa shape index (κ1) is 20.5. The SMILES string of the molecule is CC(C)CC(=O)N(c1ccc(F)cc1)C1CCN(Cc2ccc(F)cc2)CC1. The molecule has 0 aliphatic carbocycles. The smallest absolute Gasteiger partial charge is 0.227 e. The van der Waals surface area contributed by atoms with Gasteiger partial charge in [-0.05, 0) is 60.7 Å². The number of halogens is 2. The molecule has 150 valence electrons. The van der Waals surface area contributed by atoms with Crippen molar-refractivity contribution in [3.63, 3.8) is 0 Å². The fraction of sp³-hybridized carbons (Fsp3) is 0.435. The second-order valence-corrected chi connectivity index (χ2v) is 7.97. The van der Waals surface area contributed by atoms with E-state index in [2.05, 4.69) is 4.90 Å². The minimum atomic E-state index is -0.297. The van der Waals surface area contributed by atoms with Crippen LogP contribution < -0.4 is 4.90 Å². The normalized spacial score (nSPS) is 15.8. The van der Waals surface area contributed by atoms with Crippen LogP contribution in [0.4, 0.5) is 14.5 Å². The van der Waals surface area contributed by atoms with Crippen LogP contribution in [0.3, 0.4) is 0 Å². The van der Waals surface area contributed by atoms with Gasteiger partial charge in [0.1, 0.15) is 11.6 Å². The number of carbonyl (C=O) groups is 1. The molecule has 0 spiro atoms. The van der Waals surface area contributed by atoms with Gasteiger partial charge in [-0.2, -0.15) is 0 Å². The molecule has 2 aromatic rings. The third-order valence-corrected chi connectivity index (χ3v) is 5.20. The molecule has 3 nitrogen and oxygen atoms in total. The molecule has 1 heterocycles. The highest BCUT2D eigenvalue weighted by Gasteiger charge is 2.29. The Hall–Kier alpha value is -2.27. The van der Waals surface area contributed by atoms with E-state index in [1.54, 1.807) is 12.1 Å². The van der Waals surface area contributed by atoms with Crippen LogP contribution in [0.15, 0.2) is 48.5 Å². The van der Waals surface area contributed by atoms with E-state index in [1.807, 2.05) is 30.9 Å². The lowest BCUT2D eigenvalue weighted by Gasteiger charge is -2.39. The average molecular weight is 386 g/mol. The number of benzene rings is 2. The maximum absolute atomic E-state index is 13.4. The summed E-state index contributed by atoms with van der Waals surface area (Å²) in [4.78, 5) is 17.1. The molecular formula is C23H28F2N2O. The second kappa shape index (κ2) is 9.28. The molecule has 1 amide bonds. The van der Waals surface area contributed by atoms with Crippen LogP contribution in [-0.2, 0) is 11.3 Å². The summed E-state index contributed by atoms with van der Waals surface area (Å²) in [6.07, 6.45) is 2.21. The molecular weight excluding hydrogens is 358 g/mol. The number of anilines is 1. The van der Waals surface area contributed by atoms with E-state index in [0.29, 0.717) is 6.42 Å². The van der Waals surface area contributed by atoms with E-state index in [0.717, 1.165) is 43.7 Å². The molecule has 0 bridgehead atoms. The Morgan fingerprint density at radius 1 is 1.00 bits per heavy atom. The van der Waals surface area contributed by atoms with E-state index in [4.69, 9.17) is 0 Å². The van der Waals surface area contributed by atoms with Gasteiger partial charge in [0.2, 0.25) is 5.91 Å². The highest BCUT2D eigenvalue weighted by molar-refractivity contribution is 5.94. The second-order valence-electron chi connectivity index (χ2n) is 7.97. The van der Waals surface area contributed by atoms with Gasteiger partial charge in [-0.25, -0.2) is 8.78 Å². The van der Waals surface area contributed by atoms with Gasteiger partial charge in [-0.3, -0.25) is 9.69 Å². The van der Waals surface area contributed by atoms with Crippen molar-refractivity contribution in [3.8, 4) is 0 Å². The van der Waals surface area contributed by atoms with Crippen molar-refractivity contribution in [3.05, 3.63) is 65.7 Å². The summed E-state index contributed by atoms with van der Waals surface area (Å²) >= 11 is 0. The molecule has 1 aliphatic heterocycles. The van der Waals surface area contributed by atoms with Crippen LogP contribution in [0.1, 0.15) is 38.7 Å². The van der Waals surface area contributed by atoms with Crippen LogP contribution in [0.5, 0.6) is 0 Å². The molecule has 0 N–H and O–H groups in total. The lowest BCUT2D eigenvalue weighted by atomic mass is 9.99. The van der Waals surface area contributed by atoms with E-state index in [9.17, 15) is 13.6 Å².